The van der Waals surface area contributed by atoms with Gasteiger partial charge < -0.3 is 0 Å². The van der Waals surface area contributed by atoms with Crippen molar-refractivity contribution in [1.82, 2.24) is 0 Å². The van der Waals surface area contributed by atoms with Crippen molar-refractivity contribution in [1.29, 1.82) is 0 Å². The van der Waals surface area contributed by atoms with Gasteiger partial charge in [0.2, 0.25) is 16.3 Å². The maximum absolute atomic E-state index is 11.2. The molecule has 1 aromatic carbocycles. The standard InChI is InChI=1S/C15H9Cl14O/c16-10(17,12(20,21)14(24,25)26)8-4-1-5-9(7(8)3-2-6-30)11(18,19)13(22,23)15(27,28)29/h1,4-5H,2-3,6H2. The van der Waals surface area contributed by atoms with Crippen LogP contribution < -0.4 is 0 Å². The third kappa shape index (κ3) is 5.96. The number of hydrogen-bond acceptors (Lipinski definition) is 0. The van der Waals surface area contributed by atoms with Gasteiger partial charge in [-0.15, -0.1) is 0 Å². The molecule has 0 N–H and O–H groups in total. The van der Waals surface area contributed by atoms with Crippen molar-refractivity contribution < 1.29 is 5.11 Å². The van der Waals surface area contributed by atoms with Crippen LogP contribution in [0, 0.1) is 0 Å². The van der Waals surface area contributed by atoms with E-state index in [0.717, 1.165) is 0 Å². The minimum Gasteiger partial charge on any atom is -0.237 e. The molecule has 0 aliphatic heterocycles. The van der Waals surface area contributed by atoms with Gasteiger partial charge in [0.05, 0.1) is 6.61 Å². The summed E-state index contributed by atoms with van der Waals surface area (Å²) in [6.07, 6.45) is 0.124. The van der Waals surface area contributed by atoms with E-state index >= 15 is 0 Å². The molecule has 0 aromatic heterocycles. The fraction of sp³-hybridized carbons (Fsp3) is 0.600. The van der Waals surface area contributed by atoms with Gasteiger partial charge in [0.1, 0.15) is 0 Å². The van der Waals surface area contributed by atoms with E-state index in [4.69, 9.17) is 162 Å². The van der Waals surface area contributed by atoms with Crippen molar-refractivity contribution >= 4 is 162 Å². The van der Waals surface area contributed by atoms with Gasteiger partial charge in [-0.05, 0) is 29.5 Å². The Hall–Kier alpha value is 3.24. The molecule has 1 aromatic rings. The molecule has 0 aliphatic carbocycles. The van der Waals surface area contributed by atoms with Crippen LogP contribution in [0.2, 0.25) is 0 Å². The van der Waals surface area contributed by atoms with E-state index in [1.165, 1.54) is 18.2 Å². The van der Waals surface area contributed by atoms with Crippen molar-refractivity contribution in [2.24, 2.45) is 0 Å². The van der Waals surface area contributed by atoms with Gasteiger partial charge in [-0.3, -0.25) is 0 Å². The van der Waals surface area contributed by atoms with E-state index < -0.39 is 31.5 Å². The summed E-state index contributed by atoms with van der Waals surface area (Å²) in [5.74, 6) is 0. The molecule has 0 unspecified atom stereocenters. The average molecular weight is 702 g/mol. The maximum Gasteiger partial charge on any atom is 0.226 e. The van der Waals surface area contributed by atoms with Crippen molar-refractivity contribution in [3.63, 3.8) is 0 Å². The molecule has 0 fully saturated rings. The Morgan fingerprint density at radius 3 is 1.20 bits per heavy atom. The molecular formula is C15H9Cl14O. The summed E-state index contributed by atoms with van der Waals surface area (Å²) in [5, 5.41) is 11.2. The van der Waals surface area contributed by atoms with Crippen molar-refractivity contribution in [2.75, 3.05) is 6.61 Å². The van der Waals surface area contributed by atoms with Gasteiger partial charge in [0.25, 0.3) is 0 Å². The summed E-state index contributed by atoms with van der Waals surface area (Å²) in [4.78, 5) is 0. The second-order valence-corrected chi connectivity index (χ2v) is 15.8. The highest BCUT2D eigenvalue weighted by molar-refractivity contribution is 6.79. The molecule has 0 aliphatic rings. The van der Waals surface area contributed by atoms with Gasteiger partial charge in [-0.1, -0.05) is 181 Å². The van der Waals surface area contributed by atoms with E-state index in [-0.39, 0.29) is 29.5 Å². The first kappa shape index (κ1) is 31.3. The van der Waals surface area contributed by atoms with Crippen LogP contribution in [-0.4, -0.2) is 22.9 Å². The highest BCUT2D eigenvalue weighted by atomic mass is 35.6. The zero-order chi connectivity index (χ0) is 24.0. The lowest BCUT2D eigenvalue weighted by Crippen LogP contribution is -2.47. The molecule has 0 bridgehead atoms. The number of hydrogen-bond donors (Lipinski definition) is 0. The van der Waals surface area contributed by atoms with Crippen LogP contribution in [0.5, 0.6) is 0 Å². The second kappa shape index (κ2) is 10.7. The molecule has 0 amide bonds. The van der Waals surface area contributed by atoms with Gasteiger partial charge in [-0.25, -0.2) is 5.11 Å². The smallest absolute Gasteiger partial charge is 0.226 e. The minimum atomic E-state index is -2.38. The number of alkyl halides is 14. The Labute approximate surface area is 244 Å². The van der Waals surface area contributed by atoms with Gasteiger partial charge in [-0.2, -0.15) is 0 Å². The van der Waals surface area contributed by atoms with Crippen LogP contribution >= 0.6 is 162 Å². The third-order valence-electron chi connectivity index (χ3n) is 3.92. The zero-order valence-electron chi connectivity index (χ0n) is 14.1. The van der Waals surface area contributed by atoms with Gasteiger partial charge >= 0.3 is 0 Å². The molecule has 0 saturated heterocycles. The molecule has 0 saturated carbocycles. The summed E-state index contributed by atoms with van der Waals surface area (Å²) < 4.78 is -13.9. The molecule has 173 valence electrons. The summed E-state index contributed by atoms with van der Waals surface area (Å²) in [6.45, 7) is -0.475. The van der Waals surface area contributed by atoms with E-state index in [1.807, 2.05) is 0 Å². The first-order chi connectivity index (χ1) is 13.2. The first-order valence-corrected chi connectivity index (χ1v) is 12.8. The molecular weight excluding hydrogens is 693 g/mol. The lowest BCUT2D eigenvalue weighted by Gasteiger charge is -2.42. The second-order valence-electron chi connectivity index (χ2n) is 5.93. The Bertz CT molecular complexity index is 690. The van der Waals surface area contributed by atoms with Crippen molar-refractivity contribution in [2.45, 2.75) is 37.8 Å². The fourth-order valence-corrected chi connectivity index (χ4v) is 5.50. The minimum absolute atomic E-state index is 0.0206. The van der Waals surface area contributed by atoms with Crippen LogP contribution in [-0.2, 0) is 20.2 Å². The monoisotopic (exact) mass is 695 g/mol. The Balaban J connectivity index is 3.88. The third-order valence-corrected chi connectivity index (χ3v) is 11.8. The molecule has 0 heterocycles. The summed E-state index contributed by atoms with van der Waals surface area (Å²) in [5.41, 5.74) is 0.239. The van der Waals surface area contributed by atoms with E-state index in [9.17, 15) is 5.11 Å². The van der Waals surface area contributed by atoms with Crippen LogP contribution in [0.15, 0.2) is 18.2 Å². The van der Waals surface area contributed by atoms with Crippen molar-refractivity contribution in [3.05, 3.63) is 34.9 Å². The fourth-order valence-electron chi connectivity index (χ4n) is 2.39. The quantitative estimate of drug-likeness (QED) is 0.252. The Morgan fingerprint density at radius 2 is 0.933 bits per heavy atom. The van der Waals surface area contributed by atoms with E-state index in [2.05, 4.69) is 0 Å². The predicted molar refractivity (Wildman–Crippen MR) is 137 cm³/mol. The highest BCUT2D eigenvalue weighted by Gasteiger charge is 2.63. The van der Waals surface area contributed by atoms with Gasteiger partial charge in [0.15, 0.2) is 8.67 Å². The normalized spacial score (nSPS) is 14.9. The van der Waals surface area contributed by atoms with E-state index in [0.29, 0.717) is 0 Å². The summed E-state index contributed by atoms with van der Waals surface area (Å²) in [6, 6.07) is 4.26. The zero-order valence-corrected chi connectivity index (χ0v) is 24.6. The highest BCUT2D eigenvalue weighted by Crippen LogP contribution is 2.64. The molecule has 1 rings (SSSR count). The SMILES string of the molecule is [O]CCCc1c(C(Cl)(Cl)C(Cl)(Cl)C(Cl)(Cl)Cl)cccc1C(Cl)(Cl)C(Cl)(Cl)C(Cl)(Cl)Cl. The lowest BCUT2D eigenvalue weighted by molar-refractivity contribution is 0.189. The average Bonchev–Trinajstić information content (AvgIpc) is 2.57. The Morgan fingerprint density at radius 1 is 0.600 bits per heavy atom. The predicted octanol–water partition coefficient (Wildman–Crippen LogP) is 10.4. The molecule has 15 heteroatoms. The number of rotatable bonds is 7. The first-order valence-electron chi connectivity index (χ1n) is 7.53. The van der Waals surface area contributed by atoms with Gasteiger partial charge in [0, 0.05) is 0 Å². The van der Waals surface area contributed by atoms with Crippen molar-refractivity contribution in [3.8, 4) is 0 Å². The number of benzene rings is 1. The summed E-state index contributed by atoms with van der Waals surface area (Å²) >= 11 is 86.2. The summed E-state index contributed by atoms with van der Waals surface area (Å²) in [7, 11) is 0. The van der Waals surface area contributed by atoms with Crippen LogP contribution in [0.1, 0.15) is 23.1 Å². The van der Waals surface area contributed by atoms with Crippen LogP contribution in [0.25, 0.3) is 0 Å². The van der Waals surface area contributed by atoms with E-state index in [1.54, 1.807) is 0 Å². The van der Waals surface area contributed by atoms with Crippen LogP contribution in [0.4, 0.5) is 0 Å². The van der Waals surface area contributed by atoms with Crippen LogP contribution in [0.3, 0.4) is 0 Å². The molecule has 0 atom stereocenters. The lowest BCUT2D eigenvalue weighted by atomic mass is 9.90. The topological polar surface area (TPSA) is 19.9 Å². The largest absolute Gasteiger partial charge is 0.237 e. The Kier molecular flexibility index (Phi) is 11.1. The maximum atomic E-state index is 11.2. The molecule has 1 radical (unpaired) electrons. The molecule has 1 nitrogen and oxygen atoms in total. The number of halogens is 14. The molecule has 30 heavy (non-hydrogen) atoms. The molecule has 0 spiro atoms.